The zero-order valence-corrected chi connectivity index (χ0v) is 11.5. The van der Waals surface area contributed by atoms with Gasteiger partial charge in [-0.15, -0.1) is 0 Å². The second-order valence-corrected chi connectivity index (χ2v) is 4.90. The van der Waals surface area contributed by atoms with Gasteiger partial charge in [0.1, 0.15) is 17.3 Å². The summed E-state index contributed by atoms with van der Waals surface area (Å²) in [4.78, 5) is 0. The van der Waals surface area contributed by atoms with Crippen molar-refractivity contribution >= 4 is 11.6 Å². The van der Waals surface area contributed by atoms with Crippen LogP contribution in [0.15, 0.2) is 36.4 Å². The first kappa shape index (κ1) is 13.8. The van der Waals surface area contributed by atoms with Crippen LogP contribution in [0.5, 0.6) is 11.5 Å². The van der Waals surface area contributed by atoms with E-state index in [-0.39, 0.29) is 11.9 Å². The number of hydrogen-bond acceptors (Lipinski definition) is 2. The highest BCUT2D eigenvalue weighted by atomic mass is 35.5. The van der Waals surface area contributed by atoms with Crippen molar-refractivity contribution in [1.82, 2.24) is 0 Å². The normalized spacial score (nSPS) is 12.3. The quantitative estimate of drug-likeness (QED) is 0.891. The highest BCUT2D eigenvalue weighted by Crippen LogP contribution is 2.32. The van der Waals surface area contributed by atoms with Gasteiger partial charge in [0.2, 0.25) is 0 Å². The van der Waals surface area contributed by atoms with Crippen molar-refractivity contribution in [3.63, 3.8) is 0 Å². The molecule has 0 aromatic heterocycles. The summed E-state index contributed by atoms with van der Waals surface area (Å²) < 4.78 is 18.7. The summed E-state index contributed by atoms with van der Waals surface area (Å²) in [5.74, 6) is 0.820. The lowest BCUT2D eigenvalue weighted by molar-refractivity contribution is 0.476. The molecule has 0 aliphatic rings. The van der Waals surface area contributed by atoms with Gasteiger partial charge in [0.05, 0.1) is 5.02 Å². The lowest BCUT2D eigenvalue weighted by Crippen LogP contribution is -2.04. The average molecular weight is 280 g/mol. The Bertz CT molecular complexity index is 599. The average Bonchev–Trinajstić information content (AvgIpc) is 2.34. The third-order valence-electron chi connectivity index (χ3n) is 2.84. The van der Waals surface area contributed by atoms with Crippen LogP contribution in [0, 0.1) is 12.7 Å². The maximum atomic E-state index is 13.0. The summed E-state index contributed by atoms with van der Waals surface area (Å²) in [6.07, 6.45) is 0. The Morgan fingerprint density at radius 1 is 1.16 bits per heavy atom. The van der Waals surface area contributed by atoms with E-state index in [1.807, 2.05) is 13.0 Å². The van der Waals surface area contributed by atoms with Crippen LogP contribution in [0.4, 0.5) is 4.39 Å². The van der Waals surface area contributed by atoms with E-state index in [0.29, 0.717) is 22.1 Å². The third-order valence-corrected chi connectivity index (χ3v) is 3.13. The van der Waals surface area contributed by atoms with Gasteiger partial charge in [-0.3, -0.25) is 0 Å². The van der Waals surface area contributed by atoms with Gasteiger partial charge < -0.3 is 10.5 Å². The molecule has 0 radical (unpaired) electrons. The molecular weight excluding hydrogens is 265 g/mol. The van der Waals surface area contributed by atoms with E-state index in [4.69, 9.17) is 22.1 Å². The Labute approximate surface area is 117 Å². The zero-order valence-electron chi connectivity index (χ0n) is 10.8. The molecule has 0 aliphatic heterocycles. The molecule has 4 heteroatoms. The molecule has 0 amide bonds. The molecule has 1 unspecified atom stereocenters. The van der Waals surface area contributed by atoms with Crippen molar-refractivity contribution in [3.8, 4) is 11.5 Å². The van der Waals surface area contributed by atoms with Crippen LogP contribution in [0.2, 0.25) is 5.02 Å². The van der Waals surface area contributed by atoms with Crippen molar-refractivity contribution < 1.29 is 9.13 Å². The molecule has 2 rings (SSSR count). The number of hydrogen-bond donors (Lipinski definition) is 1. The number of benzene rings is 2. The Hall–Kier alpha value is -1.58. The summed E-state index contributed by atoms with van der Waals surface area (Å²) in [6, 6.07) is 9.68. The summed E-state index contributed by atoms with van der Waals surface area (Å²) >= 11 is 6.15. The molecule has 1 atom stereocenters. The van der Waals surface area contributed by atoms with Crippen LogP contribution in [0.1, 0.15) is 24.1 Å². The number of ether oxygens (including phenoxy) is 1. The van der Waals surface area contributed by atoms with Gasteiger partial charge in [0.25, 0.3) is 0 Å². The number of rotatable bonds is 3. The predicted molar refractivity (Wildman–Crippen MR) is 75.3 cm³/mol. The van der Waals surface area contributed by atoms with Crippen LogP contribution in [0.3, 0.4) is 0 Å². The van der Waals surface area contributed by atoms with Gasteiger partial charge in [0.15, 0.2) is 0 Å². The fourth-order valence-corrected chi connectivity index (χ4v) is 1.96. The molecule has 2 aromatic rings. The molecule has 0 spiro atoms. The molecule has 0 aliphatic carbocycles. The van der Waals surface area contributed by atoms with E-state index in [2.05, 4.69) is 0 Å². The first-order chi connectivity index (χ1) is 8.97. The molecule has 0 bridgehead atoms. The van der Waals surface area contributed by atoms with Crippen LogP contribution in [-0.4, -0.2) is 0 Å². The monoisotopic (exact) mass is 279 g/mol. The zero-order chi connectivity index (χ0) is 14.0. The Morgan fingerprint density at radius 3 is 2.42 bits per heavy atom. The second-order valence-electron chi connectivity index (χ2n) is 4.49. The van der Waals surface area contributed by atoms with E-state index in [1.165, 1.54) is 12.1 Å². The van der Waals surface area contributed by atoms with Gasteiger partial charge in [0, 0.05) is 6.04 Å². The van der Waals surface area contributed by atoms with Crippen molar-refractivity contribution in [2.75, 3.05) is 0 Å². The Balaban J connectivity index is 2.28. The molecule has 0 heterocycles. The van der Waals surface area contributed by atoms with Crippen molar-refractivity contribution in [2.24, 2.45) is 5.73 Å². The van der Waals surface area contributed by atoms with Gasteiger partial charge in [-0.05, 0) is 55.3 Å². The maximum Gasteiger partial charge on any atom is 0.146 e. The standard InChI is InChI=1S/C15H15ClFNO/c1-9-7-12(17)4-6-14(9)19-15-5-3-11(10(2)18)8-13(15)16/h3-8,10H,18H2,1-2H3. The number of nitrogens with two attached hydrogens (primary N) is 1. The molecule has 19 heavy (non-hydrogen) atoms. The maximum absolute atomic E-state index is 13.0. The Kier molecular flexibility index (Phi) is 4.08. The summed E-state index contributed by atoms with van der Waals surface area (Å²) in [5, 5.41) is 0.485. The van der Waals surface area contributed by atoms with E-state index in [1.54, 1.807) is 25.1 Å². The fourth-order valence-electron chi connectivity index (χ4n) is 1.73. The van der Waals surface area contributed by atoms with Crippen LogP contribution in [0.25, 0.3) is 0 Å². The summed E-state index contributed by atoms with van der Waals surface area (Å²) in [6.45, 7) is 3.67. The molecule has 0 saturated carbocycles. The first-order valence-electron chi connectivity index (χ1n) is 5.96. The lowest BCUT2D eigenvalue weighted by atomic mass is 10.1. The van der Waals surface area contributed by atoms with Crippen molar-refractivity contribution in [2.45, 2.75) is 19.9 Å². The molecule has 0 saturated heterocycles. The number of aryl methyl sites for hydroxylation is 1. The van der Waals surface area contributed by atoms with Gasteiger partial charge in [-0.2, -0.15) is 0 Å². The molecule has 0 fully saturated rings. The van der Waals surface area contributed by atoms with Gasteiger partial charge in [-0.1, -0.05) is 17.7 Å². The topological polar surface area (TPSA) is 35.2 Å². The third kappa shape index (κ3) is 3.25. The van der Waals surface area contributed by atoms with Gasteiger partial charge in [-0.25, -0.2) is 4.39 Å². The minimum absolute atomic E-state index is 0.0842. The summed E-state index contributed by atoms with van der Waals surface area (Å²) in [7, 11) is 0. The minimum atomic E-state index is -0.289. The van der Waals surface area contributed by atoms with E-state index >= 15 is 0 Å². The van der Waals surface area contributed by atoms with Crippen LogP contribution >= 0.6 is 11.6 Å². The molecule has 2 nitrogen and oxygen atoms in total. The van der Waals surface area contributed by atoms with E-state index in [9.17, 15) is 4.39 Å². The first-order valence-corrected chi connectivity index (χ1v) is 6.34. The molecular formula is C15H15ClFNO. The van der Waals surface area contributed by atoms with E-state index in [0.717, 1.165) is 5.56 Å². The summed E-state index contributed by atoms with van der Waals surface area (Å²) in [5.41, 5.74) is 7.44. The fraction of sp³-hybridized carbons (Fsp3) is 0.200. The SMILES string of the molecule is Cc1cc(F)ccc1Oc1ccc(C(C)N)cc1Cl. The minimum Gasteiger partial charge on any atom is -0.456 e. The largest absolute Gasteiger partial charge is 0.456 e. The second kappa shape index (κ2) is 5.59. The predicted octanol–water partition coefficient (Wildman–Crippen LogP) is 4.60. The van der Waals surface area contributed by atoms with Crippen LogP contribution < -0.4 is 10.5 Å². The molecule has 2 aromatic carbocycles. The smallest absolute Gasteiger partial charge is 0.146 e. The highest BCUT2D eigenvalue weighted by molar-refractivity contribution is 6.32. The number of halogens is 2. The Morgan fingerprint density at radius 2 is 1.84 bits per heavy atom. The van der Waals surface area contributed by atoms with Crippen LogP contribution in [-0.2, 0) is 0 Å². The van der Waals surface area contributed by atoms with Crippen molar-refractivity contribution in [3.05, 3.63) is 58.4 Å². The molecule has 100 valence electrons. The lowest BCUT2D eigenvalue weighted by Gasteiger charge is -2.12. The highest BCUT2D eigenvalue weighted by Gasteiger charge is 2.08. The van der Waals surface area contributed by atoms with E-state index < -0.39 is 0 Å². The van der Waals surface area contributed by atoms with Gasteiger partial charge >= 0.3 is 0 Å². The molecule has 2 N–H and O–H groups in total. The van der Waals surface area contributed by atoms with Crippen molar-refractivity contribution in [1.29, 1.82) is 0 Å².